The fourth-order valence-corrected chi connectivity index (χ4v) is 1.66. The number of ether oxygens (including phenoxy) is 1. The predicted octanol–water partition coefficient (Wildman–Crippen LogP) is 2.01. The van der Waals surface area contributed by atoms with Crippen LogP contribution in [0.4, 0.5) is 5.69 Å². The lowest BCUT2D eigenvalue weighted by molar-refractivity contribution is 0.112. The van der Waals surface area contributed by atoms with Crippen LogP contribution in [0.1, 0.15) is 15.9 Å². The van der Waals surface area contributed by atoms with Crippen LogP contribution in [0.5, 0.6) is 0 Å². The summed E-state index contributed by atoms with van der Waals surface area (Å²) in [6.45, 7) is 5.55. The molecule has 0 radical (unpaired) electrons. The maximum atomic E-state index is 10.7. The van der Waals surface area contributed by atoms with E-state index in [9.17, 15) is 4.79 Å². The van der Waals surface area contributed by atoms with Gasteiger partial charge >= 0.3 is 0 Å². The number of anilines is 1. The molecule has 0 spiro atoms. The quantitative estimate of drug-likeness (QED) is 0.544. The fourth-order valence-electron chi connectivity index (χ4n) is 1.66. The summed E-state index contributed by atoms with van der Waals surface area (Å²) in [6.07, 6.45) is 2.50. The van der Waals surface area contributed by atoms with Gasteiger partial charge in [-0.25, -0.2) is 0 Å². The molecule has 0 aromatic heterocycles. The lowest BCUT2D eigenvalue weighted by atomic mass is 10.1. The molecule has 0 amide bonds. The number of hydrogen-bond donors (Lipinski definition) is 0. The van der Waals surface area contributed by atoms with Crippen molar-refractivity contribution in [3.05, 3.63) is 42.0 Å². The molecule has 0 unspecified atom stereocenters. The molecule has 0 heterocycles. The van der Waals surface area contributed by atoms with E-state index >= 15 is 0 Å². The molecular formula is C14H16N2O2. The van der Waals surface area contributed by atoms with E-state index in [1.54, 1.807) is 31.4 Å². The molecule has 18 heavy (non-hydrogen) atoms. The summed E-state index contributed by atoms with van der Waals surface area (Å²) < 4.78 is 5.04. The molecule has 0 aliphatic heterocycles. The minimum absolute atomic E-state index is 0.484. The third-order valence-corrected chi connectivity index (χ3v) is 2.53. The van der Waals surface area contributed by atoms with Gasteiger partial charge in [-0.3, -0.25) is 4.79 Å². The van der Waals surface area contributed by atoms with E-state index in [0.717, 1.165) is 12.0 Å². The molecule has 0 saturated heterocycles. The Bertz CT molecular complexity index is 463. The topological polar surface area (TPSA) is 53.3 Å². The predicted molar refractivity (Wildman–Crippen MR) is 70.8 cm³/mol. The molecule has 1 aromatic rings. The van der Waals surface area contributed by atoms with Crippen LogP contribution in [0.25, 0.3) is 0 Å². The van der Waals surface area contributed by atoms with Crippen LogP contribution in [-0.4, -0.2) is 33.1 Å². The zero-order chi connectivity index (χ0) is 13.4. The molecule has 4 nitrogen and oxygen atoms in total. The highest BCUT2D eigenvalue weighted by Gasteiger charge is 2.10. The molecule has 0 saturated carbocycles. The summed E-state index contributed by atoms with van der Waals surface area (Å²) in [7, 11) is 1.63. The monoisotopic (exact) mass is 244 g/mol. The van der Waals surface area contributed by atoms with E-state index < -0.39 is 0 Å². The number of benzene rings is 1. The Hall–Kier alpha value is -2.12. The lowest BCUT2D eigenvalue weighted by Gasteiger charge is -2.24. The van der Waals surface area contributed by atoms with Crippen molar-refractivity contribution < 1.29 is 9.53 Å². The summed E-state index contributed by atoms with van der Waals surface area (Å²) in [4.78, 5) is 12.7. The van der Waals surface area contributed by atoms with Crippen molar-refractivity contribution >= 4 is 12.0 Å². The van der Waals surface area contributed by atoms with Crippen LogP contribution in [0.3, 0.4) is 0 Å². The summed E-state index contributed by atoms with van der Waals surface area (Å²) in [5.74, 6) is 0. The van der Waals surface area contributed by atoms with Gasteiger partial charge in [-0.1, -0.05) is 6.08 Å². The van der Waals surface area contributed by atoms with Gasteiger partial charge in [-0.05, 0) is 18.2 Å². The Balaban J connectivity index is 3.06. The molecule has 1 rings (SSSR count). The van der Waals surface area contributed by atoms with Gasteiger partial charge in [0.2, 0.25) is 0 Å². The Morgan fingerprint density at radius 3 is 2.89 bits per heavy atom. The minimum atomic E-state index is 0.484. The van der Waals surface area contributed by atoms with Crippen molar-refractivity contribution in [1.29, 1.82) is 5.26 Å². The maximum Gasteiger partial charge on any atom is 0.150 e. The molecule has 0 bridgehead atoms. The normalized spacial score (nSPS) is 9.56. The second-order valence-electron chi connectivity index (χ2n) is 3.73. The van der Waals surface area contributed by atoms with Gasteiger partial charge in [0.15, 0.2) is 0 Å². The average molecular weight is 244 g/mol. The van der Waals surface area contributed by atoms with Gasteiger partial charge in [0.1, 0.15) is 12.4 Å². The van der Waals surface area contributed by atoms with E-state index in [1.807, 2.05) is 4.90 Å². The Kier molecular flexibility index (Phi) is 5.62. The number of methoxy groups -OCH3 is 1. The number of hydrogen-bond acceptors (Lipinski definition) is 4. The maximum absolute atomic E-state index is 10.7. The Labute approximate surface area is 107 Å². The summed E-state index contributed by atoms with van der Waals surface area (Å²) >= 11 is 0. The van der Waals surface area contributed by atoms with Crippen molar-refractivity contribution in [2.75, 3.05) is 31.7 Å². The summed E-state index contributed by atoms with van der Waals surface area (Å²) in [5.41, 5.74) is 1.78. The van der Waals surface area contributed by atoms with E-state index in [-0.39, 0.29) is 0 Å². The third-order valence-electron chi connectivity index (χ3n) is 2.53. The van der Waals surface area contributed by atoms with Gasteiger partial charge < -0.3 is 9.64 Å². The van der Waals surface area contributed by atoms with Crippen LogP contribution >= 0.6 is 0 Å². The summed E-state index contributed by atoms with van der Waals surface area (Å²) in [6, 6.07) is 7.18. The molecule has 1 aromatic carbocycles. The first-order chi connectivity index (χ1) is 8.76. The van der Waals surface area contributed by atoms with E-state index in [0.29, 0.717) is 30.8 Å². The second-order valence-corrected chi connectivity index (χ2v) is 3.73. The van der Waals surface area contributed by atoms with Crippen molar-refractivity contribution in [2.24, 2.45) is 0 Å². The first-order valence-electron chi connectivity index (χ1n) is 5.61. The first-order valence-corrected chi connectivity index (χ1v) is 5.61. The molecular weight excluding hydrogens is 228 g/mol. The number of carbonyl (C=O) groups excluding carboxylic acids is 1. The van der Waals surface area contributed by atoms with Gasteiger partial charge in [0, 0.05) is 25.8 Å². The zero-order valence-corrected chi connectivity index (χ0v) is 10.4. The van der Waals surface area contributed by atoms with E-state index in [1.165, 1.54) is 0 Å². The second kappa shape index (κ2) is 7.25. The molecule has 4 heteroatoms. The zero-order valence-electron chi connectivity index (χ0n) is 10.4. The van der Waals surface area contributed by atoms with Gasteiger partial charge in [-0.2, -0.15) is 5.26 Å². The Morgan fingerprint density at radius 2 is 2.33 bits per heavy atom. The fraction of sp³-hybridized carbons (Fsp3) is 0.286. The van der Waals surface area contributed by atoms with Crippen LogP contribution < -0.4 is 4.90 Å². The number of nitrogens with zero attached hydrogens (tertiary/aromatic N) is 2. The van der Waals surface area contributed by atoms with Crippen LogP contribution in [0.2, 0.25) is 0 Å². The number of nitriles is 1. The lowest BCUT2D eigenvalue weighted by Crippen LogP contribution is -2.28. The third kappa shape index (κ3) is 3.44. The average Bonchev–Trinajstić information content (AvgIpc) is 2.42. The SMILES string of the molecule is C=CCN(CCOC)c1ccc(C=O)cc1C#N. The number of carbonyl (C=O) groups is 1. The van der Waals surface area contributed by atoms with Crippen molar-refractivity contribution in [2.45, 2.75) is 0 Å². The minimum Gasteiger partial charge on any atom is -0.383 e. The van der Waals surface area contributed by atoms with E-state index in [2.05, 4.69) is 12.6 Å². The smallest absolute Gasteiger partial charge is 0.150 e. The molecule has 94 valence electrons. The largest absolute Gasteiger partial charge is 0.383 e. The highest BCUT2D eigenvalue weighted by molar-refractivity contribution is 5.78. The van der Waals surface area contributed by atoms with Gasteiger partial charge in [-0.15, -0.1) is 6.58 Å². The highest BCUT2D eigenvalue weighted by Crippen LogP contribution is 2.21. The molecule has 0 fully saturated rings. The van der Waals surface area contributed by atoms with Crippen LogP contribution in [0, 0.1) is 11.3 Å². The number of rotatable bonds is 7. The van der Waals surface area contributed by atoms with Crippen molar-refractivity contribution in [3.63, 3.8) is 0 Å². The van der Waals surface area contributed by atoms with Crippen molar-refractivity contribution in [3.8, 4) is 6.07 Å². The number of aldehydes is 1. The molecule has 0 aliphatic rings. The molecule has 0 atom stereocenters. The van der Waals surface area contributed by atoms with Crippen molar-refractivity contribution in [1.82, 2.24) is 0 Å². The Morgan fingerprint density at radius 1 is 1.56 bits per heavy atom. The highest BCUT2D eigenvalue weighted by atomic mass is 16.5. The van der Waals surface area contributed by atoms with Crippen LogP contribution in [-0.2, 0) is 4.74 Å². The van der Waals surface area contributed by atoms with Gasteiger partial charge in [0.05, 0.1) is 17.9 Å². The van der Waals surface area contributed by atoms with Crippen LogP contribution in [0.15, 0.2) is 30.9 Å². The van der Waals surface area contributed by atoms with Gasteiger partial charge in [0.25, 0.3) is 0 Å². The summed E-state index contributed by atoms with van der Waals surface area (Å²) in [5, 5.41) is 9.13. The standard InChI is InChI=1S/C14H16N2O2/c1-3-6-16(7-8-18-2)14-5-4-12(11-17)9-13(14)10-15/h3-5,9,11H,1,6-8H2,2H3. The first kappa shape index (κ1) is 13.9. The molecule has 0 aliphatic carbocycles. The van der Waals surface area contributed by atoms with E-state index in [4.69, 9.17) is 10.00 Å². The molecule has 0 N–H and O–H groups in total.